The molecule has 0 aromatic heterocycles. The fraction of sp³-hybridized carbons (Fsp3) is 0.750. The second-order valence-electron chi connectivity index (χ2n) is 1.63. The number of hydrogen-bond acceptors (Lipinski definition) is 1. The van der Waals surface area contributed by atoms with Crippen molar-refractivity contribution in [3.63, 3.8) is 0 Å². The molecule has 0 aromatic rings. The molecule has 0 aliphatic carbocycles. The lowest BCUT2D eigenvalue weighted by Gasteiger charge is -2.10. The lowest BCUT2D eigenvalue weighted by molar-refractivity contribution is 0.953. The smallest absolute Gasteiger partial charge is 0.198 e. The number of halogens is 3. The summed E-state index contributed by atoms with van der Waals surface area (Å²) >= 11 is 16.6. The van der Waals surface area contributed by atoms with Gasteiger partial charge in [0.05, 0.1) is 11.6 Å². The molecule has 1 atom stereocenters. The van der Waals surface area contributed by atoms with Crippen LogP contribution in [0.25, 0.3) is 0 Å². The first-order valence-corrected chi connectivity index (χ1v) is 7.60. The average molecular weight is 203 g/mol. The van der Waals surface area contributed by atoms with Crippen LogP contribution in [0.4, 0.5) is 0 Å². The van der Waals surface area contributed by atoms with E-state index in [0.717, 1.165) is 0 Å². The number of nitrogens with zero attached hydrogens (tertiary/aromatic N) is 1. The highest BCUT2D eigenvalue weighted by atomic mass is 35.8. The molecule has 0 fully saturated rings. The summed E-state index contributed by atoms with van der Waals surface area (Å²) in [7, 11) is 0. The summed E-state index contributed by atoms with van der Waals surface area (Å²) in [6, 6.07) is -0.774. The molecule has 0 aliphatic rings. The van der Waals surface area contributed by atoms with Crippen LogP contribution in [-0.2, 0) is 0 Å². The van der Waals surface area contributed by atoms with E-state index in [9.17, 15) is 0 Å². The molecule has 0 N–H and O–H groups in total. The summed E-state index contributed by atoms with van der Waals surface area (Å²) in [5.74, 6) is 0. The minimum atomic E-state index is -2.73. The van der Waals surface area contributed by atoms with Gasteiger partial charge in [-0.25, -0.2) is 0 Å². The highest BCUT2D eigenvalue weighted by molar-refractivity contribution is 7.65. The predicted molar refractivity (Wildman–Crippen MR) is 43.0 cm³/mol. The Hall–Kier alpha value is 0.577. The first-order chi connectivity index (χ1) is 4.02. The molecule has 52 valence electrons. The summed E-state index contributed by atoms with van der Waals surface area (Å²) in [6.07, 6.45) is 0.624. The van der Waals surface area contributed by atoms with Gasteiger partial charge in [0.15, 0.2) is 0 Å². The van der Waals surface area contributed by atoms with Crippen molar-refractivity contribution in [3.05, 3.63) is 0 Å². The van der Waals surface area contributed by atoms with Crippen LogP contribution in [0.1, 0.15) is 13.3 Å². The Balaban J connectivity index is 4.00. The molecule has 0 aliphatic heterocycles. The highest BCUT2D eigenvalue weighted by Crippen LogP contribution is 2.35. The van der Waals surface area contributed by atoms with Gasteiger partial charge in [0.1, 0.15) is 0 Å². The van der Waals surface area contributed by atoms with Crippen molar-refractivity contribution in [1.82, 2.24) is 0 Å². The van der Waals surface area contributed by atoms with Crippen molar-refractivity contribution < 1.29 is 0 Å². The average Bonchev–Trinajstić information content (AvgIpc) is 1.65. The van der Waals surface area contributed by atoms with E-state index in [1.54, 1.807) is 0 Å². The summed E-state index contributed by atoms with van der Waals surface area (Å²) in [5, 5.41) is 8.39. The van der Waals surface area contributed by atoms with E-state index in [4.69, 9.17) is 38.5 Å². The third-order valence-electron chi connectivity index (χ3n) is 0.959. The van der Waals surface area contributed by atoms with Gasteiger partial charge in [0.2, 0.25) is 0 Å². The summed E-state index contributed by atoms with van der Waals surface area (Å²) in [5.41, 5.74) is -0.359. The Bertz CT molecular complexity index is 125. The Labute approximate surface area is 69.6 Å². The molecule has 0 rings (SSSR count). The summed E-state index contributed by atoms with van der Waals surface area (Å²) in [4.78, 5) is 0. The van der Waals surface area contributed by atoms with Gasteiger partial charge in [-0.15, -0.1) is 33.2 Å². The Morgan fingerprint density at radius 1 is 1.56 bits per heavy atom. The quantitative estimate of drug-likeness (QED) is 0.499. The second kappa shape index (κ2) is 3.67. The minimum Gasteiger partial charge on any atom is -0.198 e. The standard InChI is InChI=1S/C4H6Cl3NSi/c1-2-4(3-8)9(5,6)7/h4H,2H2,1H3. The zero-order valence-electron chi connectivity index (χ0n) is 4.87. The SMILES string of the molecule is CCC(C#N)[Si](Cl)(Cl)Cl. The van der Waals surface area contributed by atoms with Gasteiger partial charge in [0, 0.05) is 0 Å². The third-order valence-corrected chi connectivity index (χ3v) is 4.66. The maximum atomic E-state index is 8.39. The lowest BCUT2D eigenvalue weighted by Crippen LogP contribution is -2.17. The van der Waals surface area contributed by atoms with E-state index in [0.29, 0.717) is 6.42 Å². The molecule has 0 saturated heterocycles. The van der Waals surface area contributed by atoms with Crippen molar-refractivity contribution >= 4 is 39.2 Å². The minimum absolute atomic E-state index is 0.359. The van der Waals surface area contributed by atoms with E-state index >= 15 is 0 Å². The molecule has 0 spiro atoms. The lowest BCUT2D eigenvalue weighted by atomic mass is 10.4. The van der Waals surface area contributed by atoms with Crippen molar-refractivity contribution in [2.24, 2.45) is 0 Å². The predicted octanol–water partition coefficient (Wildman–Crippen LogP) is 2.95. The molecule has 5 heteroatoms. The summed E-state index contributed by atoms with van der Waals surface area (Å²) < 4.78 is 0. The zero-order chi connectivity index (χ0) is 7.49. The molecule has 0 bridgehead atoms. The first-order valence-electron chi connectivity index (χ1n) is 2.48. The van der Waals surface area contributed by atoms with Crippen LogP contribution < -0.4 is 0 Å². The second-order valence-corrected chi connectivity index (χ2v) is 10.5. The fourth-order valence-electron chi connectivity index (χ4n) is 0.396. The van der Waals surface area contributed by atoms with E-state index in [1.807, 2.05) is 13.0 Å². The maximum absolute atomic E-state index is 8.39. The van der Waals surface area contributed by atoms with Crippen LogP contribution in [0, 0.1) is 11.3 Å². The Morgan fingerprint density at radius 3 is 2.00 bits per heavy atom. The van der Waals surface area contributed by atoms with E-state index < -0.39 is 6.00 Å². The third kappa shape index (κ3) is 3.32. The largest absolute Gasteiger partial charge is 0.357 e. The van der Waals surface area contributed by atoms with E-state index in [2.05, 4.69) is 0 Å². The van der Waals surface area contributed by atoms with Crippen molar-refractivity contribution in [3.8, 4) is 6.07 Å². The van der Waals surface area contributed by atoms with Crippen molar-refractivity contribution in [2.75, 3.05) is 0 Å². The molecule has 0 radical (unpaired) electrons. The topological polar surface area (TPSA) is 23.8 Å². The van der Waals surface area contributed by atoms with Gasteiger partial charge in [-0.1, -0.05) is 6.92 Å². The molecule has 0 heterocycles. The van der Waals surface area contributed by atoms with Gasteiger partial charge in [0.25, 0.3) is 0 Å². The molecular weight excluding hydrogens is 196 g/mol. The molecule has 0 saturated carbocycles. The van der Waals surface area contributed by atoms with E-state index in [1.165, 1.54) is 0 Å². The monoisotopic (exact) mass is 201 g/mol. The van der Waals surface area contributed by atoms with Gasteiger partial charge in [-0.2, -0.15) is 5.26 Å². The van der Waals surface area contributed by atoms with Crippen LogP contribution in [0.2, 0.25) is 5.54 Å². The molecule has 0 aromatic carbocycles. The first kappa shape index (κ1) is 9.58. The number of hydrogen-bond donors (Lipinski definition) is 0. The highest BCUT2D eigenvalue weighted by Gasteiger charge is 2.35. The van der Waals surface area contributed by atoms with Crippen LogP contribution in [0.5, 0.6) is 0 Å². The van der Waals surface area contributed by atoms with E-state index in [-0.39, 0.29) is 5.54 Å². The number of nitriles is 1. The van der Waals surface area contributed by atoms with Crippen LogP contribution in [0.15, 0.2) is 0 Å². The van der Waals surface area contributed by atoms with Crippen LogP contribution >= 0.6 is 33.2 Å². The summed E-state index contributed by atoms with van der Waals surface area (Å²) in [6.45, 7) is 1.84. The Kier molecular flexibility index (Phi) is 3.91. The fourth-order valence-corrected chi connectivity index (χ4v) is 2.83. The molecular formula is C4H6Cl3NSi. The van der Waals surface area contributed by atoms with Gasteiger partial charge in [-0.05, 0) is 6.42 Å². The maximum Gasteiger partial charge on any atom is 0.357 e. The van der Waals surface area contributed by atoms with Crippen LogP contribution in [0.3, 0.4) is 0 Å². The van der Waals surface area contributed by atoms with Gasteiger partial charge in [-0.3, -0.25) is 0 Å². The Morgan fingerprint density at radius 2 is 2.00 bits per heavy atom. The van der Waals surface area contributed by atoms with Crippen molar-refractivity contribution in [1.29, 1.82) is 5.26 Å². The number of rotatable bonds is 2. The molecule has 1 unspecified atom stereocenters. The zero-order valence-corrected chi connectivity index (χ0v) is 8.13. The van der Waals surface area contributed by atoms with Crippen LogP contribution in [-0.4, -0.2) is 6.00 Å². The van der Waals surface area contributed by atoms with Crippen molar-refractivity contribution in [2.45, 2.75) is 18.9 Å². The molecule has 0 amide bonds. The normalized spacial score (nSPS) is 14.6. The van der Waals surface area contributed by atoms with Gasteiger partial charge >= 0.3 is 6.00 Å². The molecule has 1 nitrogen and oxygen atoms in total. The van der Waals surface area contributed by atoms with Gasteiger partial charge < -0.3 is 0 Å². The molecule has 9 heavy (non-hydrogen) atoms.